The predicted molar refractivity (Wildman–Crippen MR) is 105 cm³/mol. The number of nitrogen functional groups attached to an aromatic ring is 1. The van der Waals surface area contributed by atoms with E-state index in [0.29, 0.717) is 32.9 Å². The Morgan fingerprint density at radius 2 is 1.96 bits per heavy atom. The van der Waals surface area contributed by atoms with Crippen molar-refractivity contribution in [1.29, 1.82) is 0 Å². The Morgan fingerprint density at radius 1 is 1.11 bits per heavy atom. The Balaban J connectivity index is 2.03. The minimum Gasteiger partial charge on any atom is -0.394 e. The summed E-state index contributed by atoms with van der Waals surface area (Å²) >= 11 is 3.53. The first kappa shape index (κ1) is 15.9. The summed E-state index contributed by atoms with van der Waals surface area (Å²) in [6.07, 6.45) is 4.58. The van der Waals surface area contributed by atoms with E-state index < -0.39 is 11.4 Å². The lowest BCUT2D eigenvalue weighted by Gasteiger charge is -2.13. The summed E-state index contributed by atoms with van der Waals surface area (Å²) in [6, 6.07) is 4.76. The molecule has 5 rings (SSSR count). The molecule has 2 aromatic carbocycles. The Bertz CT molecular complexity index is 1440. The van der Waals surface area contributed by atoms with Crippen LogP contribution in [0.1, 0.15) is 0 Å². The van der Waals surface area contributed by atoms with Crippen molar-refractivity contribution in [3.8, 4) is 11.1 Å². The Hall–Kier alpha value is -3.33. The van der Waals surface area contributed by atoms with Gasteiger partial charge in [-0.25, -0.2) is 14.4 Å². The van der Waals surface area contributed by atoms with Crippen molar-refractivity contribution in [2.24, 2.45) is 0 Å². The second kappa shape index (κ2) is 5.58. The average Bonchev–Trinajstić information content (AvgIpc) is 3.16. The van der Waals surface area contributed by atoms with Crippen LogP contribution in [-0.4, -0.2) is 25.1 Å². The molecule has 0 aliphatic heterocycles. The summed E-state index contributed by atoms with van der Waals surface area (Å²) in [4.78, 5) is 23.7. The van der Waals surface area contributed by atoms with Gasteiger partial charge in [0.05, 0.1) is 17.2 Å². The van der Waals surface area contributed by atoms with E-state index in [9.17, 15) is 9.18 Å². The zero-order chi connectivity index (χ0) is 18.7. The van der Waals surface area contributed by atoms with Crippen molar-refractivity contribution < 1.29 is 4.39 Å². The Kier molecular flexibility index (Phi) is 3.28. The average molecular weight is 425 g/mol. The molecule has 27 heavy (non-hydrogen) atoms. The highest BCUT2D eigenvalue weighted by Crippen LogP contribution is 2.39. The zero-order valence-corrected chi connectivity index (χ0v) is 15.1. The first-order valence-corrected chi connectivity index (χ1v) is 8.71. The van der Waals surface area contributed by atoms with Crippen LogP contribution in [0.25, 0.3) is 43.8 Å². The van der Waals surface area contributed by atoms with Crippen LogP contribution in [0, 0.1) is 5.82 Å². The number of aromatic nitrogens is 5. The summed E-state index contributed by atoms with van der Waals surface area (Å²) in [5, 5.41) is 8.53. The second-order valence-electron chi connectivity index (χ2n) is 6.06. The van der Waals surface area contributed by atoms with Crippen LogP contribution >= 0.6 is 15.9 Å². The number of nitrogens with one attached hydrogen (secondary N) is 2. The van der Waals surface area contributed by atoms with Crippen LogP contribution < -0.4 is 11.3 Å². The van der Waals surface area contributed by atoms with Gasteiger partial charge in [-0.3, -0.25) is 9.89 Å². The summed E-state index contributed by atoms with van der Waals surface area (Å²) in [7, 11) is 0. The molecule has 0 bridgehead atoms. The number of nitrogens with two attached hydrogens (primary N) is 1. The first-order chi connectivity index (χ1) is 13.1. The molecule has 3 heterocycles. The van der Waals surface area contributed by atoms with E-state index in [-0.39, 0.29) is 11.2 Å². The van der Waals surface area contributed by atoms with Gasteiger partial charge >= 0.3 is 0 Å². The molecule has 0 fully saturated rings. The van der Waals surface area contributed by atoms with Crippen molar-refractivity contribution in [2.75, 3.05) is 5.73 Å². The van der Waals surface area contributed by atoms with E-state index in [1.165, 1.54) is 18.6 Å². The quantitative estimate of drug-likeness (QED) is 0.356. The van der Waals surface area contributed by atoms with Gasteiger partial charge in [-0.15, -0.1) is 0 Å². The van der Waals surface area contributed by atoms with E-state index in [4.69, 9.17) is 5.73 Å². The number of halogens is 2. The number of benzene rings is 2. The van der Waals surface area contributed by atoms with Gasteiger partial charge in [0.25, 0.3) is 5.56 Å². The molecule has 4 N–H and O–H groups in total. The van der Waals surface area contributed by atoms with Crippen LogP contribution in [0.2, 0.25) is 0 Å². The van der Waals surface area contributed by atoms with E-state index in [1.807, 2.05) is 6.07 Å². The number of anilines is 1. The highest BCUT2D eigenvalue weighted by Gasteiger charge is 2.19. The smallest absolute Gasteiger partial charge is 0.272 e. The highest BCUT2D eigenvalue weighted by atomic mass is 79.9. The number of pyridine rings is 1. The van der Waals surface area contributed by atoms with Gasteiger partial charge in [-0.05, 0) is 17.7 Å². The molecule has 3 aromatic heterocycles. The number of fused-ring (bicyclic) bond motifs is 4. The summed E-state index contributed by atoms with van der Waals surface area (Å²) < 4.78 is 14.8. The number of nitrogens with zero attached hydrogens (tertiary/aromatic N) is 3. The molecule has 0 saturated heterocycles. The van der Waals surface area contributed by atoms with Crippen molar-refractivity contribution in [3.05, 3.63) is 57.6 Å². The lowest BCUT2D eigenvalue weighted by molar-refractivity contribution is 0.636. The number of hydrogen-bond donors (Lipinski definition) is 3. The standard InChI is InChI=1S/C18H10BrFN6O/c19-11-3-8-13(7-1-2-12(20)15-9(7)5-24-26-15)14(21)18(27)25-17(8)16-10(11)4-22-6-23-16/h1-6H,21H2,(H,24,26)(H,25,27). The maximum Gasteiger partial charge on any atom is 0.272 e. The monoisotopic (exact) mass is 424 g/mol. The van der Waals surface area contributed by atoms with Crippen molar-refractivity contribution in [2.45, 2.75) is 0 Å². The molecular weight excluding hydrogens is 415 g/mol. The summed E-state index contributed by atoms with van der Waals surface area (Å²) in [5.41, 5.74) is 8.23. The molecule has 132 valence electrons. The van der Waals surface area contributed by atoms with E-state index >= 15 is 0 Å². The van der Waals surface area contributed by atoms with E-state index in [2.05, 4.69) is 41.1 Å². The molecule has 9 heteroatoms. The first-order valence-electron chi connectivity index (χ1n) is 7.92. The molecule has 7 nitrogen and oxygen atoms in total. The number of H-pyrrole nitrogens is 2. The van der Waals surface area contributed by atoms with Crippen LogP contribution in [-0.2, 0) is 0 Å². The normalized spacial score (nSPS) is 11.6. The molecule has 0 unspecified atom stereocenters. The fourth-order valence-electron chi connectivity index (χ4n) is 3.38. The van der Waals surface area contributed by atoms with Gasteiger partial charge in [0.15, 0.2) is 0 Å². The lowest BCUT2D eigenvalue weighted by atomic mass is 9.96. The maximum absolute atomic E-state index is 14.1. The molecule has 0 aliphatic rings. The SMILES string of the molecule is Nc1c(-c2ccc(F)c3[nH]ncc23)c2cc(Br)c3cncnc3c2[nH]c1=O. The summed E-state index contributed by atoms with van der Waals surface area (Å²) in [5.74, 6) is -0.432. The van der Waals surface area contributed by atoms with Crippen LogP contribution in [0.5, 0.6) is 0 Å². The fourth-order valence-corrected chi connectivity index (χ4v) is 3.90. The molecule has 5 aromatic rings. The van der Waals surface area contributed by atoms with Gasteiger partial charge in [0.2, 0.25) is 0 Å². The maximum atomic E-state index is 14.1. The van der Waals surface area contributed by atoms with Crippen molar-refractivity contribution >= 4 is 54.3 Å². The van der Waals surface area contributed by atoms with E-state index in [1.54, 1.807) is 12.3 Å². The van der Waals surface area contributed by atoms with Crippen LogP contribution in [0.3, 0.4) is 0 Å². The number of rotatable bonds is 1. The van der Waals surface area contributed by atoms with Crippen molar-refractivity contribution in [3.63, 3.8) is 0 Å². The second-order valence-corrected chi connectivity index (χ2v) is 6.92. The minimum atomic E-state index is -0.444. The van der Waals surface area contributed by atoms with Gasteiger partial charge in [-0.2, -0.15) is 5.10 Å². The van der Waals surface area contributed by atoms with E-state index in [0.717, 1.165) is 9.86 Å². The highest BCUT2D eigenvalue weighted by molar-refractivity contribution is 9.10. The predicted octanol–water partition coefficient (Wildman–Crippen LogP) is 3.50. The van der Waals surface area contributed by atoms with Gasteiger partial charge in [-0.1, -0.05) is 22.0 Å². The van der Waals surface area contributed by atoms with Crippen molar-refractivity contribution in [1.82, 2.24) is 25.1 Å². The van der Waals surface area contributed by atoms with Gasteiger partial charge in [0.1, 0.15) is 23.3 Å². The third kappa shape index (κ3) is 2.18. The van der Waals surface area contributed by atoms with Crippen LogP contribution in [0.4, 0.5) is 10.1 Å². The zero-order valence-electron chi connectivity index (χ0n) is 13.5. The Labute approximate surface area is 158 Å². The molecule has 0 amide bonds. The molecule has 0 aliphatic carbocycles. The Morgan fingerprint density at radius 3 is 2.81 bits per heavy atom. The third-order valence-corrected chi connectivity index (χ3v) is 5.26. The molecular formula is C18H10BrFN6O. The van der Waals surface area contributed by atoms with Gasteiger partial charge < -0.3 is 10.7 Å². The molecule has 0 atom stereocenters. The third-order valence-electron chi connectivity index (χ3n) is 4.60. The molecule has 0 saturated carbocycles. The van der Waals surface area contributed by atoms with Crippen LogP contribution in [0.15, 0.2) is 46.2 Å². The lowest BCUT2D eigenvalue weighted by Crippen LogP contribution is -2.14. The molecule has 0 radical (unpaired) electrons. The fraction of sp³-hybridized carbons (Fsp3) is 0. The number of aromatic amines is 2. The number of hydrogen-bond acceptors (Lipinski definition) is 5. The summed E-state index contributed by atoms with van der Waals surface area (Å²) in [6.45, 7) is 0. The topological polar surface area (TPSA) is 113 Å². The van der Waals surface area contributed by atoms with Gasteiger partial charge in [0, 0.05) is 32.4 Å². The largest absolute Gasteiger partial charge is 0.394 e. The molecule has 0 spiro atoms. The minimum absolute atomic E-state index is 0.0388.